The zero-order valence-electron chi connectivity index (χ0n) is 11.7. The van der Waals surface area contributed by atoms with Gasteiger partial charge < -0.3 is 15.0 Å². The molecule has 0 radical (unpaired) electrons. The van der Waals surface area contributed by atoms with Crippen molar-refractivity contribution >= 4 is 5.91 Å². The Kier molecular flexibility index (Phi) is 5.24. The minimum absolute atomic E-state index is 0.0552. The van der Waals surface area contributed by atoms with Crippen molar-refractivity contribution in [3.8, 4) is 5.75 Å². The molecular formula is C16H20N2O2. The Morgan fingerprint density at radius 3 is 2.90 bits per heavy atom. The van der Waals surface area contributed by atoms with Gasteiger partial charge in [0, 0.05) is 25.4 Å². The first-order chi connectivity index (χ1) is 9.75. The minimum atomic E-state index is 0.0552. The second kappa shape index (κ2) is 7.38. The molecule has 0 fully saturated rings. The molecular weight excluding hydrogens is 252 g/mol. The summed E-state index contributed by atoms with van der Waals surface area (Å²) < 4.78 is 5.65. The number of hydrogen-bond donors (Lipinski definition) is 2. The van der Waals surface area contributed by atoms with Gasteiger partial charge in [-0.05, 0) is 36.6 Å². The van der Waals surface area contributed by atoms with Gasteiger partial charge in [-0.2, -0.15) is 0 Å². The smallest absolute Gasteiger partial charge is 0.220 e. The molecule has 0 aliphatic heterocycles. The van der Waals surface area contributed by atoms with Crippen LogP contribution in [0.1, 0.15) is 24.0 Å². The Bertz CT molecular complexity index is 535. The molecule has 1 aromatic heterocycles. The van der Waals surface area contributed by atoms with Crippen LogP contribution in [0, 0.1) is 6.92 Å². The summed E-state index contributed by atoms with van der Waals surface area (Å²) >= 11 is 0. The molecule has 0 saturated carbocycles. The van der Waals surface area contributed by atoms with Crippen LogP contribution >= 0.6 is 0 Å². The lowest BCUT2D eigenvalue weighted by Gasteiger charge is -2.08. The lowest BCUT2D eigenvalue weighted by molar-refractivity contribution is -0.121. The van der Waals surface area contributed by atoms with Crippen molar-refractivity contribution in [1.29, 1.82) is 0 Å². The zero-order chi connectivity index (χ0) is 14.2. The van der Waals surface area contributed by atoms with Crippen LogP contribution in [0.2, 0.25) is 0 Å². The normalized spacial score (nSPS) is 10.2. The van der Waals surface area contributed by atoms with E-state index in [4.69, 9.17) is 4.74 Å². The molecule has 2 N–H and O–H groups in total. The summed E-state index contributed by atoms with van der Waals surface area (Å²) in [6.45, 7) is 3.14. The Hall–Kier alpha value is -2.23. The van der Waals surface area contributed by atoms with Gasteiger partial charge >= 0.3 is 0 Å². The summed E-state index contributed by atoms with van der Waals surface area (Å²) in [5.41, 5.74) is 2.19. The average Bonchev–Trinajstić information content (AvgIpc) is 2.96. The summed E-state index contributed by atoms with van der Waals surface area (Å²) in [6, 6.07) is 9.84. The van der Waals surface area contributed by atoms with Crippen molar-refractivity contribution < 1.29 is 9.53 Å². The molecule has 4 nitrogen and oxygen atoms in total. The third-order valence-corrected chi connectivity index (χ3v) is 3.05. The van der Waals surface area contributed by atoms with E-state index in [1.807, 2.05) is 49.6 Å². The molecule has 20 heavy (non-hydrogen) atoms. The Labute approximate surface area is 119 Å². The fourth-order valence-corrected chi connectivity index (χ4v) is 1.89. The monoisotopic (exact) mass is 272 g/mol. The summed E-state index contributed by atoms with van der Waals surface area (Å²) in [4.78, 5) is 14.6. The highest BCUT2D eigenvalue weighted by molar-refractivity contribution is 5.75. The molecule has 0 bridgehead atoms. The van der Waals surface area contributed by atoms with E-state index in [2.05, 4.69) is 10.3 Å². The number of nitrogens with one attached hydrogen (secondary N) is 2. The molecule has 0 aliphatic rings. The van der Waals surface area contributed by atoms with Crippen LogP contribution in [0.5, 0.6) is 5.75 Å². The number of para-hydroxylation sites is 1. The quantitative estimate of drug-likeness (QED) is 0.761. The van der Waals surface area contributed by atoms with Crippen molar-refractivity contribution in [2.45, 2.75) is 26.3 Å². The van der Waals surface area contributed by atoms with Crippen LogP contribution in [-0.2, 0) is 11.3 Å². The van der Waals surface area contributed by atoms with E-state index in [0.717, 1.165) is 16.9 Å². The number of benzene rings is 1. The van der Waals surface area contributed by atoms with Crippen LogP contribution in [-0.4, -0.2) is 17.5 Å². The zero-order valence-corrected chi connectivity index (χ0v) is 11.7. The molecule has 1 aromatic carbocycles. The Morgan fingerprint density at radius 2 is 2.15 bits per heavy atom. The molecule has 2 rings (SSSR count). The van der Waals surface area contributed by atoms with E-state index in [1.54, 1.807) is 0 Å². The predicted octanol–water partition coefficient (Wildman–Crippen LogP) is 2.80. The summed E-state index contributed by atoms with van der Waals surface area (Å²) in [5.74, 6) is 0.944. The number of hydrogen-bond acceptors (Lipinski definition) is 2. The van der Waals surface area contributed by atoms with Gasteiger partial charge in [-0.15, -0.1) is 0 Å². The number of aromatic amines is 1. The van der Waals surface area contributed by atoms with E-state index >= 15 is 0 Å². The van der Waals surface area contributed by atoms with Crippen LogP contribution < -0.4 is 10.1 Å². The van der Waals surface area contributed by atoms with Gasteiger partial charge in [0.1, 0.15) is 5.75 Å². The SMILES string of the molecule is Cc1ccccc1OCCCC(=O)NCc1cc[nH]c1. The third kappa shape index (κ3) is 4.46. The lowest BCUT2D eigenvalue weighted by Crippen LogP contribution is -2.22. The second-order valence-corrected chi connectivity index (χ2v) is 4.71. The second-order valence-electron chi connectivity index (χ2n) is 4.71. The molecule has 0 aliphatic carbocycles. The number of H-pyrrole nitrogens is 1. The van der Waals surface area contributed by atoms with Gasteiger partial charge in [0.15, 0.2) is 0 Å². The molecule has 1 amide bonds. The van der Waals surface area contributed by atoms with Crippen molar-refractivity contribution in [3.63, 3.8) is 0 Å². The Morgan fingerprint density at radius 1 is 1.30 bits per heavy atom. The minimum Gasteiger partial charge on any atom is -0.493 e. The summed E-state index contributed by atoms with van der Waals surface area (Å²) in [5, 5.41) is 2.88. The first-order valence-electron chi connectivity index (χ1n) is 6.82. The van der Waals surface area contributed by atoms with E-state index in [-0.39, 0.29) is 5.91 Å². The van der Waals surface area contributed by atoms with Gasteiger partial charge in [-0.1, -0.05) is 18.2 Å². The maximum Gasteiger partial charge on any atom is 0.220 e. The topological polar surface area (TPSA) is 54.1 Å². The summed E-state index contributed by atoms with van der Waals surface area (Å²) in [7, 11) is 0. The number of aryl methyl sites for hydroxylation is 1. The fraction of sp³-hybridized carbons (Fsp3) is 0.312. The number of ether oxygens (including phenoxy) is 1. The highest BCUT2D eigenvalue weighted by Crippen LogP contribution is 2.16. The highest BCUT2D eigenvalue weighted by atomic mass is 16.5. The van der Waals surface area contributed by atoms with E-state index in [1.165, 1.54) is 0 Å². The fourth-order valence-electron chi connectivity index (χ4n) is 1.89. The van der Waals surface area contributed by atoms with Gasteiger partial charge in [0.25, 0.3) is 0 Å². The van der Waals surface area contributed by atoms with Gasteiger partial charge in [0.05, 0.1) is 6.61 Å². The first kappa shape index (κ1) is 14.2. The molecule has 1 heterocycles. The number of carbonyl (C=O) groups excluding carboxylic acids is 1. The molecule has 2 aromatic rings. The van der Waals surface area contributed by atoms with Crippen molar-refractivity contribution in [3.05, 3.63) is 53.9 Å². The average molecular weight is 272 g/mol. The maximum atomic E-state index is 11.6. The van der Waals surface area contributed by atoms with Gasteiger partial charge in [0.2, 0.25) is 5.91 Å². The number of aromatic nitrogens is 1. The number of rotatable bonds is 7. The van der Waals surface area contributed by atoms with Crippen LogP contribution in [0.4, 0.5) is 0 Å². The summed E-state index contributed by atoms with van der Waals surface area (Å²) in [6.07, 6.45) is 4.92. The molecule has 106 valence electrons. The first-order valence-corrected chi connectivity index (χ1v) is 6.82. The van der Waals surface area contributed by atoms with Crippen LogP contribution in [0.25, 0.3) is 0 Å². The predicted molar refractivity (Wildman–Crippen MR) is 78.5 cm³/mol. The third-order valence-electron chi connectivity index (χ3n) is 3.05. The van der Waals surface area contributed by atoms with Crippen LogP contribution in [0.3, 0.4) is 0 Å². The lowest BCUT2D eigenvalue weighted by atomic mass is 10.2. The number of carbonyl (C=O) groups is 1. The van der Waals surface area contributed by atoms with E-state index in [0.29, 0.717) is 26.0 Å². The standard InChI is InChI=1S/C16H20N2O2/c1-13-5-2-3-6-15(13)20-10-4-7-16(19)18-12-14-8-9-17-11-14/h2-3,5-6,8-9,11,17H,4,7,10,12H2,1H3,(H,18,19). The van der Waals surface area contributed by atoms with Gasteiger partial charge in [-0.25, -0.2) is 0 Å². The number of amides is 1. The van der Waals surface area contributed by atoms with Crippen molar-refractivity contribution in [2.75, 3.05) is 6.61 Å². The van der Waals surface area contributed by atoms with Crippen LogP contribution in [0.15, 0.2) is 42.7 Å². The van der Waals surface area contributed by atoms with Crippen molar-refractivity contribution in [1.82, 2.24) is 10.3 Å². The Balaban J connectivity index is 1.61. The molecule has 0 atom stereocenters. The maximum absolute atomic E-state index is 11.6. The largest absolute Gasteiger partial charge is 0.493 e. The van der Waals surface area contributed by atoms with Gasteiger partial charge in [-0.3, -0.25) is 4.79 Å². The molecule has 0 unspecified atom stereocenters. The molecule has 0 saturated heterocycles. The molecule has 4 heteroatoms. The van der Waals surface area contributed by atoms with Crippen molar-refractivity contribution in [2.24, 2.45) is 0 Å². The molecule has 0 spiro atoms. The van der Waals surface area contributed by atoms with E-state index < -0.39 is 0 Å². The van der Waals surface area contributed by atoms with E-state index in [9.17, 15) is 4.79 Å². The highest BCUT2D eigenvalue weighted by Gasteiger charge is 2.02.